The zero-order chi connectivity index (χ0) is 21.6. The third-order valence-corrected chi connectivity index (χ3v) is 8.02. The molecule has 1 unspecified atom stereocenters. The van der Waals surface area contributed by atoms with Gasteiger partial charge in [0.25, 0.3) is 0 Å². The summed E-state index contributed by atoms with van der Waals surface area (Å²) in [5.41, 5.74) is 6.05. The van der Waals surface area contributed by atoms with Crippen LogP contribution in [0.1, 0.15) is 47.0 Å². The van der Waals surface area contributed by atoms with Crippen molar-refractivity contribution in [1.82, 2.24) is 0 Å². The zero-order valence-corrected chi connectivity index (χ0v) is 19.5. The van der Waals surface area contributed by atoms with Crippen LogP contribution < -0.4 is 0 Å². The molecule has 0 radical (unpaired) electrons. The van der Waals surface area contributed by atoms with Crippen molar-refractivity contribution in [2.75, 3.05) is 5.75 Å². The number of carbonyl (C=O) groups excluding carboxylic acids is 1. The lowest BCUT2D eigenvalue weighted by atomic mass is 9.96. The van der Waals surface area contributed by atoms with Crippen LogP contribution in [0.25, 0.3) is 6.08 Å². The van der Waals surface area contributed by atoms with E-state index in [0.717, 1.165) is 28.2 Å². The van der Waals surface area contributed by atoms with Crippen molar-refractivity contribution in [2.24, 2.45) is 0 Å². The SMILES string of the molecule is C/C(CSc1ccccc1)=C(\C)CC1SC(C(=O)c2ccccc2)=Cc2ccccc21. The van der Waals surface area contributed by atoms with Crippen LogP contribution in [-0.4, -0.2) is 11.5 Å². The Morgan fingerprint density at radius 1 is 0.839 bits per heavy atom. The van der Waals surface area contributed by atoms with Gasteiger partial charge in [-0.2, -0.15) is 0 Å². The van der Waals surface area contributed by atoms with E-state index in [0.29, 0.717) is 0 Å². The molecule has 0 saturated carbocycles. The lowest BCUT2D eigenvalue weighted by Gasteiger charge is -2.26. The topological polar surface area (TPSA) is 17.1 Å². The molecule has 31 heavy (non-hydrogen) atoms. The van der Waals surface area contributed by atoms with Crippen LogP contribution in [0, 0.1) is 0 Å². The Bertz CT molecular complexity index is 1110. The Hall–Kier alpha value is -2.49. The number of ketones is 1. The van der Waals surface area contributed by atoms with Crippen LogP contribution in [0.3, 0.4) is 0 Å². The Kier molecular flexibility index (Phi) is 7.16. The molecule has 0 spiro atoms. The summed E-state index contributed by atoms with van der Waals surface area (Å²) in [5, 5.41) is 0.250. The number of fused-ring (bicyclic) bond motifs is 1. The van der Waals surface area contributed by atoms with Crippen LogP contribution in [0.2, 0.25) is 0 Å². The Morgan fingerprint density at radius 2 is 1.48 bits per heavy atom. The number of rotatable bonds is 7. The molecule has 156 valence electrons. The molecular formula is C28H26OS2. The Labute approximate surface area is 193 Å². The second-order valence-corrected chi connectivity index (χ2v) is 10.1. The van der Waals surface area contributed by atoms with Gasteiger partial charge in [-0.3, -0.25) is 4.79 Å². The average molecular weight is 443 g/mol. The molecule has 3 aromatic rings. The molecule has 0 aromatic heterocycles. The normalized spacial score (nSPS) is 16.2. The van der Waals surface area contributed by atoms with Gasteiger partial charge in [-0.15, -0.1) is 23.5 Å². The highest BCUT2D eigenvalue weighted by molar-refractivity contribution is 8.04. The first-order valence-electron chi connectivity index (χ1n) is 10.5. The van der Waals surface area contributed by atoms with Gasteiger partial charge in [0.2, 0.25) is 0 Å². The van der Waals surface area contributed by atoms with Crippen LogP contribution in [0.15, 0.2) is 106 Å². The molecule has 1 nitrogen and oxygen atoms in total. The van der Waals surface area contributed by atoms with Gasteiger partial charge < -0.3 is 0 Å². The summed E-state index contributed by atoms with van der Waals surface area (Å²) >= 11 is 3.58. The van der Waals surface area contributed by atoms with Crippen molar-refractivity contribution < 1.29 is 4.79 Å². The predicted molar refractivity (Wildman–Crippen MR) is 136 cm³/mol. The van der Waals surface area contributed by atoms with E-state index in [2.05, 4.69) is 74.5 Å². The second-order valence-electron chi connectivity index (χ2n) is 7.81. The molecule has 3 heteroatoms. The highest BCUT2D eigenvalue weighted by Crippen LogP contribution is 2.46. The van der Waals surface area contributed by atoms with E-state index in [4.69, 9.17) is 0 Å². The second kappa shape index (κ2) is 10.2. The van der Waals surface area contributed by atoms with Crippen molar-refractivity contribution in [3.63, 3.8) is 0 Å². The molecule has 0 amide bonds. The first-order chi connectivity index (χ1) is 15.1. The van der Waals surface area contributed by atoms with Gasteiger partial charge in [-0.25, -0.2) is 0 Å². The summed E-state index contributed by atoms with van der Waals surface area (Å²) in [6.07, 6.45) is 3.01. The van der Waals surface area contributed by atoms with Gasteiger partial charge >= 0.3 is 0 Å². The number of thioether (sulfide) groups is 2. The van der Waals surface area contributed by atoms with Crippen molar-refractivity contribution in [3.8, 4) is 0 Å². The first-order valence-corrected chi connectivity index (χ1v) is 12.4. The van der Waals surface area contributed by atoms with Crippen LogP contribution in [0.5, 0.6) is 0 Å². The Balaban J connectivity index is 1.53. The van der Waals surface area contributed by atoms with E-state index in [9.17, 15) is 4.79 Å². The summed E-state index contributed by atoms with van der Waals surface area (Å²) in [5.74, 6) is 1.10. The maximum atomic E-state index is 13.1. The molecular weight excluding hydrogens is 416 g/mol. The molecule has 4 rings (SSSR count). The van der Waals surface area contributed by atoms with Gasteiger partial charge in [0.15, 0.2) is 5.78 Å². The van der Waals surface area contributed by atoms with Crippen molar-refractivity contribution in [2.45, 2.75) is 30.4 Å². The monoisotopic (exact) mass is 442 g/mol. The van der Waals surface area contributed by atoms with Crippen molar-refractivity contribution in [3.05, 3.63) is 118 Å². The fourth-order valence-corrected chi connectivity index (χ4v) is 5.99. The fourth-order valence-electron chi connectivity index (χ4n) is 3.61. The number of benzene rings is 3. The highest BCUT2D eigenvalue weighted by Gasteiger charge is 2.26. The van der Waals surface area contributed by atoms with Crippen molar-refractivity contribution in [1.29, 1.82) is 0 Å². The van der Waals surface area contributed by atoms with Gasteiger partial charge in [-0.05, 0) is 49.6 Å². The van der Waals surface area contributed by atoms with E-state index in [1.807, 2.05) is 42.1 Å². The number of hydrogen-bond acceptors (Lipinski definition) is 3. The standard InChI is InChI=1S/C28H26OS2/c1-20(21(2)19-30-24-14-7-4-8-15-24)17-26-25-16-10-9-13-23(25)18-27(31-26)28(29)22-11-5-3-6-12-22/h3-16,18,26H,17,19H2,1-2H3/b21-20-. The molecule has 1 heterocycles. The summed E-state index contributed by atoms with van der Waals surface area (Å²) < 4.78 is 0. The summed E-state index contributed by atoms with van der Waals surface area (Å²) in [4.78, 5) is 15.3. The molecule has 0 aliphatic carbocycles. The van der Waals surface area contributed by atoms with Crippen LogP contribution >= 0.6 is 23.5 Å². The highest BCUT2D eigenvalue weighted by atomic mass is 32.2. The predicted octanol–water partition coefficient (Wildman–Crippen LogP) is 8.22. The van der Waals surface area contributed by atoms with Gasteiger partial charge in [0, 0.05) is 21.5 Å². The average Bonchev–Trinajstić information content (AvgIpc) is 2.83. The molecule has 0 fully saturated rings. The number of Topliss-reactive ketones (excluding diaryl/α,β-unsaturated/α-hetero) is 1. The number of carbonyl (C=O) groups is 1. The largest absolute Gasteiger partial charge is 0.288 e. The third kappa shape index (κ3) is 5.41. The summed E-state index contributed by atoms with van der Waals surface area (Å²) in [7, 11) is 0. The fraction of sp³-hybridized carbons (Fsp3) is 0.179. The third-order valence-electron chi connectivity index (χ3n) is 5.58. The minimum absolute atomic E-state index is 0.114. The smallest absolute Gasteiger partial charge is 0.199 e. The lowest BCUT2D eigenvalue weighted by molar-refractivity contribution is 0.104. The molecule has 3 aromatic carbocycles. The van der Waals surface area contributed by atoms with Gasteiger partial charge in [-0.1, -0.05) is 83.9 Å². The van der Waals surface area contributed by atoms with E-state index >= 15 is 0 Å². The maximum Gasteiger partial charge on any atom is 0.199 e. The van der Waals surface area contributed by atoms with E-state index < -0.39 is 0 Å². The lowest BCUT2D eigenvalue weighted by Crippen LogP contribution is -2.09. The van der Waals surface area contributed by atoms with Crippen LogP contribution in [0.4, 0.5) is 0 Å². The van der Waals surface area contributed by atoms with Crippen LogP contribution in [-0.2, 0) is 0 Å². The summed E-state index contributed by atoms with van der Waals surface area (Å²) in [6.45, 7) is 4.47. The summed E-state index contributed by atoms with van der Waals surface area (Å²) in [6, 6.07) is 28.6. The molecule has 1 atom stereocenters. The number of allylic oxidation sites excluding steroid dienone is 2. The van der Waals surface area contributed by atoms with E-state index in [-0.39, 0.29) is 11.0 Å². The molecule has 0 saturated heterocycles. The minimum Gasteiger partial charge on any atom is -0.288 e. The minimum atomic E-state index is 0.114. The van der Waals surface area contributed by atoms with Gasteiger partial charge in [0.1, 0.15) is 0 Å². The van der Waals surface area contributed by atoms with E-state index in [1.54, 1.807) is 11.8 Å². The molecule has 0 N–H and O–H groups in total. The van der Waals surface area contributed by atoms with Gasteiger partial charge in [0.05, 0.1) is 4.91 Å². The zero-order valence-electron chi connectivity index (χ0n) is 17.9. The molecule has 0 bridgehead atoms. The molecule has 1 aliphatic heterocycles. The maximum absolute atomic E-state index is 13.1. The van der Waals surface area contributed by atoms with E-state index in [1.165, 1.54) is 21.6 Å². The Morgan fingerprint density at radius 3 is 2.23 bits per heavy atom. The van der Waals surface area contributed by atoms with Crippen molar-refractivity contribution >= 4 is 35.4 Å². The molecule has 1 aliphatic rings. The first kappa shape index (κ1) is 21.7. The number of hydrogen-bond donors (Lipinski definition) is 0. The quantitative estimate of drug-likeness (QED) is 0.208.